The third kappa shape index (κ3) is 1.75. The maximum Gasteiger partial charge on any atom is 0.201 e. The monoisotopic (exact) mass is 317 g/mol. The van der Waals surface area contributed by atoms with E-state index in [2.05, 4.69) is 6.92 Å². The molecule has 0 aromatic carbocycles. The standard InChI is InChI=1S/C19H24FNO2/c1-18-7-5-12-10(11(18)3-4-15(18)23)9-13(20)16-17(21)14(22)6-8-19(12,16)2/h6,8,10-13H,3-5,7,9,21H2,1-2H3/t10-,11-,12-,13-,18-,19+/m0/s1. The van der Waals surface area contributed by atoms with Crippen LogP contribution in [-0.2, 0) is 9.59 Å². The van der Waals surface area contributed by atoms with E-state index in [-0.39, 0.29) is 34.6 Å². The largest absolute Gasteiger partial charge is 0.395 e. The Morgan fingerprint density at radius 3 is 2.70 bits per heavy atom. The molecule has 3 saturated carbocycles. The molecular formula is C19H24FNO2. The van der Waals surface area contributed by atoms with E-state index in [0.717, 1.165) is 19.3 Å². The Morgan fingerprint density at radius 2 is 1.96 bits per heavy atom. The fraction of sp³-hybridized carbons (Fsp3) is 0.684. The molecule has 0 heterocycles. The van der Waals surface area contributed by atoms with Crippen molar-refractivity contribution in [3.8, 4) is 0 Å². The van der Waals surface area contributed by atoms with Gasteiger partial charge in [0.25, 0.3) is 0 Å². The Kier molecular flexibility index (Phi) is 2.99. The molecule has 4 heteroatoms. The number of alkyl halides is 1. The second kappa shape index (κ2) is 4.55. The van der Waals surface area contributed by atoms with Crippen LogP contribution in [0.1, 0.15) is 46.0 Å². The van der Waals surface area contributed by atoms with Gasteiger partial charge in [0.2, 0.25) is 5.78 Å². The third-order valence-corrected chi connectivity index (χ3v) is 7.43. The van der Waals surface area contributed by atoms with Gasteiger partial charge in [-0.2, -0.15) is 0 Å². The van der Waals surface area contributed by atoms with Gasteiger partial charge in [-0.15, -0.1) is 0 Å². The predicted molar refractivity (Wildman–Crippen MR) is 85.0 cm³/mol. The number of carbonyl (C=O) groups excluding carboxylic acids is 2. The van der Waals surface area contributed by atoms with E-state index in [9.17, 15) is 9.59 Å². The van der Waals surface area contributed by atoms with Crippen LogP contribution in [0.3, 0.4) is 0 Å². The summed E-state index contributed by atoms with van der Waals surface area (Å²) in [5.74, 6) is 0.843. The van der Waals surface area contributed by atoms with Gasteiger partial charge in [-0.05, 0) is 49.5 Å². The van der Waals surface area contributed by atoms with Gasteiger partial charge >= 0.3 is 0 Å². The van der Waals surface area contributed by atoms with Crippen molar-refractivity contribution >= 4 is 11.6 Å². The summed E-state index contributed by atoms with van der Waals surface area (Å²) in [6.45, 7) is 4.11. The summed E-state index contributed by atoms with van der Waals surface area (Å²) < 4.78 is 15.0. The summed E-state index contributed by atoms with van der Waals surface area (Å²) in [5, 5.41) is 0. The number of fused-ring (bicyclic) bond motifs is 5. The SMILES string of the molecule is C[C@]12C=CC(=O)C(N)=C1[C@@H](F)C[C@@H]1[C@@H]2CC[C@]2(C)C(=O)CC[C@@H]12. The fourth-order valence-corrected chi connectivity index (χ4v) is 6.17. The fourth-order valence-electron chi connectivity index (χ4n) is 6.17. The zero-order valence-electron chi connectivity index (χ0n) is 13.8. The summed E-state index contributed by atoms with van der Waals surface area (Å²) in [5.41, 5.74) is 5.83. The van der Waals surface area contributed by atoms with Crippen LogP contribution in [0, 0.1) is 28.6 Å². The Morgan fingerprint density at radius 1 is 1.22 bits per heavy atom. The Labute approximate surface area is 136 Å². The summed E-state index contributed by atoms with van der Waals surface area (Å²) in [6.07, 6.45) is 5.93. The first-order valence-corrected chi connectivity index (χ1v) is 8.70. The third-order valence-electron chi connectivity index (χ3n) is 7.43. The molecule has 6 atom stereocenters. The number of rotatable bonds is 0. The second-order valence-corrected chi connectivity index (χ2v) is 8.31. The predicted octanol–water partition coefficient (Wildman–Crippen LogP) is 3.10. The van der Waals surface area contributed by atoms with Crippen LogP contribution in [0.4, 0.5) is 4.39 Å². The minimum atomic E-state index is -1.17. The van der Waals surface area contributed by atoms with Gasteiger partial charge in [0.05, 0.1) is 5.70 Å². The maximum atomic E-state index is 15.0. The quantitative estimate of drug-likeness (QED) is 0.747. The number of halogens is 1. The van der Waals surface area contributed by atoms with Gasteiger partial charge in [-0.3, -0.25) is 9.59 Å². The first-order chi connectivity index (χ1) is 10.8. The molecule has 0 aliphatic heterocycles. The number of nitrogens with two attached hydrogens (primary N) is 1. The molecule has 0 bridgehead atoms. The summed E-state index contributed by atoms with van der Waals surface area (Å²) in [6, 6.07) is 0. The number of hydrogen-bond acceptors (Lipinski definition) is 3. The van der Waals surface area contributed by atoms with Gasteiger partial charge in [-0.25, -0.2) is 4.39 Å². The normalized spacial score (nSPS) is 49.0. The molecule has 4 aliphatic rings. The van der Waals surface area contributed by atoms with Crippen molar-refractivity contribution in [1.29, 1.82) is 0 Å². The molecule has 0 aromatic heterocycles. The van der Waals surface area contributed by atoms with Crippen LogP contribution in [-0.4, -0.2) is 17.7 Å². The van der Waals surface area contributed by atoms with Gasteiger partial charge in [0.1, 0.15) is 12.0 Å². The van der Waals surface area contributed by atoms with Crippen molar-refractivity contribution in [1.82, 2.24) is 0 Å². The topological polar surface area (TPSA) is 60.2 Å². The average molecular weight is 317 g/mol. The van der Waals surface area contributed by atoms with E-state index in [1.54, 1.807) is 0 Å². The number of allylic oxidation sites excluding steroid dienone is 3. The first kappa shape index (κ1) is 15.1. The smallest absolute Gasteiger partial charge is 0.201 e. The lowest BCUT2D eigenvalue weighted by atomic mass is 9.48. The molecule has 23 heavy (non-hydrogen) atoms. The van der Waals surface area contributed by atoms with E-state index >= 15 is 4.39 Å². The van der Waals surface area contributed by atoms with Crippen LogP contribution in [0.15, 0.2) is 23.4 Å². The summed E-state index contributed by atoms with van der Waals surface area (Å²) in [7, 11) is 0. The van der Waals surface area contributed by atoms with Crippen LogP contribution in [0.2, 0.25) is 0 Å². The van der Waals surface area contributed by atoms with Crippen LogP contribution < -0.4 is 5.73 Å². The highest BCUT2D eigenvalue weighted by Crippen LogP contribution is 2.64. The van der Waals surface area contributed by atoms with Crippen LogP contribution >= 0.6 is 0 Å². The minimum Gasteiger partial charge on any atom is -0.395 e. The number of carbonyl (C=O) groups is 2. The molecule has 3 fully saturated rings. The van der Waals surface area contributed by atoms with E-state index in [4.69, 9.17) is 5.73 Å². The molecule has 0 radical (unpaired) electrons. The van der Waals surface area contributed by atoms with Gasteiger partial charge < -0.3 is 5.73 Å². The lowest BCUT2D eigenvalue weighted by Crippen LogP contribution is -2.53. The van der Waals surface area contributed by atoms with E-state index in [1.807, 2.05) is 13.0 Å². The van der Waals surface area contributed by atoms with Gasteiger partial charge in [-0.1, -0.05) is 19.9 Å². The molecule has 0 unspecified atom stereocenters. The number of ketones is 2. The number of Topliss-reactive ketones (excluding diaryl/α,β-unsaturated/α-hetero) is 1. The van der Waals surface area contributed by atoms with E-state index in [1.165, 1.54) is 6.08 Å². The average Bonchev–Trinajstić information content (AvgIpc) is 2.79. The molecule has 3 nitrogen and oxygen atoms in total. The molecule has 4 aliphatic carbocycles. The molecule has 4 rings (SSSR count). The van der Waals surface area contributed by atoms with Crippen molar-refractivity contribution in [2.24, 2.45) is 34.3 Å². The number of hydrogen-bond donors (Lipinski definition) is 1. The lowest BCUT2D eigenvalue weighted by molar-refractivity contribution is -0.132. The summed E-state index contributed by atoms with van der Waals surface area (Å²) >= 11 is 0. The van der Waals surface area contributed by atoms with E-state index < -0.39 is 11.6 Å². The second-order valence-electron chi connectivity index (χ2n) is 8.31. The first-order valence-electron chi connectivity index (χ1n) is 8.70. The maximum absolute atomic E-state index is 15.0. The zero-order valence-corrected chi connectivity index (χ0v) is 13.8. The van der Waals surface area contributed by atoms with Crippen LogP contribution in [0.25, 0.3) is 0 Å². The molecular weight excluding hydrogens is 293 g/mol. The highest BCUT2D eigenvalue weighted by molar-refractivity contribution is 6.05. The van der Waals surface area contributed by atoms with Crippen molar-refractivity contribution < 1.29 is 14.0 Å². The van der Waals surface area contributed by atoms with E-state index in [0.29, 0.717) is 24.2 Å². The molecule has 0 aromatic rings. The Hall–Kier alpha value is -1.45. The molecule has 124 valence electrons. The van der Waals surface area contributed by atoms with Crippen molar-refractivity contribution in [2.45, 2.75) is 52.1 Å². The van der Waals surface area contributed by atoms with Crippen LogP contribution in [0.5, 0.6) is 0 Å². The van der Waals surface area contributed by atoms with Gasteiger partial charge in [0.15, 0.2) is 0 Å². The molecule has 0 spiro atoms. The zero-order chi connectivity index (χ0) is 16.6. The van der Waals surface area contributed by atoms with Crippen molar-refractivity contribution in [2.75, 3.05) is 0 Å². The van der Waals surface area contributed by atoms with Crippen molar-refractivity contribution in [3.63, 3.8) is 0 Å². The minimum absolute atomic E-state index is 0.108. The molecule has 2 N–H and O–H groups in total. The molecule has 0 saturated heterocycles. The van der Waals surface area contributed by atoms with Crippen molar-refractivity contribution in [3.05, 3.63) is 23.4 Å². The lowest BCUT2D eigenvalue weighted by Gasteiger charge is -2.56. The Balaban J connectivity index is 1.79. The van der Waals surface area contributed by atoms with Gasteiger partial charge in [0, 0.05) is 22.8 Å². The highest BCUT2D eigenvalue weighted by atomic mass is 19.1. The Bertz CT molecular complexity index is 666. The molecule has 0 amide bonds. The highest BCUT2D eigenvalue weighted by Gasteiger charge is 2.60. The summed E-state index contributed by atoms with van der Waals surface area (Å²) in [4.78, 5) is 24.3.